The zero-order chi connectivity index (χ0) is 16.4. The molecule has 1 saturated heterocycles. The number of thioether (sulfide) groups is 1. The first-order valence-corrected chi connectivity index (χ1v) is 8.89. The number of fused-ring (bicyclic) bond motifs is 1. The molecule has 0 N–H and O–H groups in total. The molecule has 4 nitrogen and oxygen atoms in total. The fraction of sp³-hybridized carbons (Fsp3) is 0.444. The van der Waals surface area contributed by atoms with Crippen molar-refractivity contribution in [2.75, 3.05) is 12.4 Å². The molecule has 1 aliphatic heterocycles. The summed E-state index contributed by atoms with van der Waals surface area (Å²) in [7, 11) is 0. The first-order chi connectivity index (χ1) is 11.0. The van der Waals surface area contributed by atoms with Crippen molar-refractivity contribution < 1.29 is 4.74 Å². The minimum atomic E-state index is -0.214. The Hall–Kier alpha value is -1.59. The minimum Gasteiger partial charge on any atom is -0.375 e. The second-order valence-corrected chi connectivity index (χ2v) is 7.43. The molecule has 1 aliphatic rings. The van der Waals surface area contributed by atoms with Gasteiger partial charge in [0, 0.05) is 18.4 Å². The second kappa shape index (κ2) is 6.49. The summed E-state index contributed by atoms with van der Waals surface area (Å²) in [6.45, 7) is 8.60. The maximum absolute atomic E-state index is 13.1. The van der Waals surface area contributed by atoms with Crippen LogP contribution in [0.4, 0.5) is 0 Å². The lowest BCUT2D eigenvalue weighted by Crippen LogP contribution is -2.39. The molecule has 0 unspecified atom stereocenters. The van der Waals surface area contributed by atoms with Gasteiger partial charge < -0.3 is 4.74 Å². The van der Waals surface area contributed by atoms with Crippen LogP contribution in [-0.4, -0.2) is 27.5 Å². The number of hydrogen-bond acceptors (Lipinski definition) is 4. The number of rotatable bonds is 4. The van der Waals surface area contributed by atoms with E-state index in [-0.39, 0.29) is 17.2 Å². The summed E-state index contributed by atoms with van der Waals surface area (Å²) in [5, 5.41) is 1.45. The van der Waals surface area contributed by atoms with E-state index in [9.17, 15) is 4.79 Å². The standard InChI is InChI=1S/C18H22N2O2S/c1-4-11-23-17-19-15-8-6-5-7-14(15)16(21)20(17)13-9-10-22-18(2,3)12-13/h4-8,13H,1,9-12H2,2-3H3/t13-/m1/s1. The van der Waals surface area contributed by atoms with Gasteiger partial charge in [0.2, 0.25) is 0 Å². The van der Waals surface area contributed by atoms with Crippen LogP contribution in [-0.2, 0) is 4.74 Å². The monoisotopic (exact) mass is 330 g/mol. The summed E-state index contributed by atoms with van der Waals surface area (Å²) >= 11 is 1.56. The lowest BCUT2D eigenvalue weighted by Gasteiger charge is -2.36. The summed E-state index contributed by atoms with van der Waals surface area (Å²) in [6, 6.07) is 7.68. The van der Waals surface area contributed by atoms with Crippen LogP contribution in [0.5, 0.6) is 0 Å². The van der Waals surface area contributed by atoms with E-state index in [0.29, 0.717) is 12.0 Å². The number of benzene rings is 1. The summed E-state index contributed by atoms with van der Waals surface area (Å²) < 4.78 is 7.68. The van der Waals surface area contributed by atoms with Crippen molar-refractivity contribution in [3.8, 4) is 0 Å². The average Bonchev–Trinajstić information content (AvgIpc) is 2.52. The van der Waals surface area contributed by atoms with E-state index in [1.54, 1.807) is 11.8 Å². The predicted octanol–water partition coefficient (Wildman–Crippen LogP) is 3.80. The molecule has 2 aromatic rings. The van der Waals surface area contributed by atoms with Crippen LogP contribution in [0.15, 0.2) is 46.9 Å². The largest absolute Gasteiger partial charge is 0.375 e. The highest BCUT2D eigenvalue weighted by Crippen LogP contribution is 2.33. The van der Waals surface area contributed by atoms with E-state index in [2.05, 4.69) is 20.4 Å². The average molecular weight is 330 g/mol. The highest BCUT2D eigenvalue weighted by molar-refractivity contribution is 7.99. The third kappa shape index (κ3) is 3.35. The minimum absolute atomic E-state index is 0.0462. The quantitative estimate of drug-likeness (QED) is 0.486. The third-order valence-corrected chi connectivity index (χ3v) is 5.09. The molecule has 0 bridgehead atoms. The van der Waals surface area contributed by atoms with Gasteiger partial charge in [0.1, 0.15) is 0 Å². The van der Waals surface area contributed by atoms with E-state index in [0.717, 1.165) is 29.3 Å². The first-order valence-electron chi connectivity index (χ1n) is 7.91. The van der Waals surface area contributed by atoms with Crippen LogP contribution in [0.2, 0.25) is 0 Å². The fourth-order valence-electron chi connectivity index (χ4n) is 3.10. The van der Waals surface area contributed by atoms with E-state index in [1.165, 1.54) is 0 Å². The number of hydrogen-bond donors (Lipinski definition) is 0. The van der Waals surface area contributed by atoms with Gasteiger partial charge in [-0.1, -0.05) is 30.0 Å². The molecule has 1 fully saturated rings. The molecule has 5 heteroatoms. The smallest absolute Gasteiger partial charge is 0.262 e. The maximum atomic E-state index is 13.1. The van der Waals surface area contributed by atoms with E-state index in [4.69, 9.17) is 9.72 Å². The Kier molecular flexibility index (Phi) is 4.60. The van der Waals surface area contributed by atoms with Crippen molar-refractivity contribution in [3.05, 3.63) is 47.3 Å². The van der Waals surface area contributed by atoms with Crippen molar-refractivity contribution in [1.82, 2.24) is 9.55 Å². The Labute approximate surface area is 140 Å². The highest BCUT2D eigenvalue weighted by atomic mass is 32.2. The zero-order valence-corrected chi connectivity index (χ0v) is 14.4. The maximum Gasteiger partial charge on any atom is 0.262 e. The summed E-state index contributed by atoms with van der Waals surface area (Å²) in [4.78, 5) is 17.8. The molecule has 1 aromatic heterocycles. The first kappa shape index (κ1) is 16.3. The Balaban J connectivity index is 2.14. The summed E-state index contributed by atoms with van der Waals surface area (Å²) in [5.74, 6) is 0.734. The van der Waals surface area contributed by atoms with Crippen LogP contribution in [0.25, 0.3) is 10.9 Å². The Morgan fingerprint density at radius 1 is 1.48 bits per heavy atom. The molecule has 0 saturated carbocycles. The van der Waals surface area contributed by atoms with Crippen molar-refractivity contribution in [2.45, 2.75) is 43.5 Å². The van der Waals surface area contributed by atoms with Gasteiger partial charge in [-0.3, -0.25) is 9.36 Å². The van der Waals surface area contributed by atoms with Gasteiger partial charge in [-0.2, -0.15) is 0 Å². The van der Waals surface area contributed by atoms with E-state index < -0.39 is 0 Å². The second-order valence-electron chi connectivity index (χ2n) is 6.44. The zero-order valence-electron chi connectivity index (χ0n) is 13.6. The van der Waals surface area contributed by atoms with Crippen molar-refractivity contribution in [3.63, 3.8) is 0 Å². The Bertz CT molecular complexity index is 782. The lowest BCUT2D eigenvalue weighted by molar-refractivity contribution is -0.0708. The molecule has 1 aromatic carbocycles. The number of para-hydroxylation sites is 1. The van der Waals surface area contributed by atoms with Crippen LogP contribution < -0.4 is 5.56 Å². The molecule has 0 spiro atoms. The number of ether oxygens (including phenoxy) is 1. The normalized spacial score (nSPS) is 20.5. The molecule has 3 rings (SSSR count). The van der Waals surface area contributed by atoms with Crippen LogP contribution in [0, 0.1) is 0 Å². The van der Waals surface area contributed by atoms with Crippen molar-refractivity contribution in [2.24, 2.45) is 0 Å². The molecular formula is C18H22N2O2S. The SMILES string of the molecule is C=CCSc1nc2ccccc2c(=O)n1[C@@H]1CCOC(C)(C)C1. The van der Waals surface area contributed by atoms with Crippen molar-refractivity contribution >= 4 is 22.7 Å². The van der Waals surface area contributed by atoms with E-state index >= 15 is 0 Å². The predicted molar refractivity (Wildman–Crippen MR) is 95.2 cm³/mol. The van der Waals surface area contributed by atoms with Crippen molar-refractivity contribution in [1.29, 1.82) is 0 Å². The molecular weight excluding hydrogens is 308 g/mol. The molecule has 0 aliphatic carbocycles. The van der Waals surface area contributed by atoms with Crippen LogP contribution >= 0.6 is 11.8 Å². The van der Waals surface area contributed by atoms with Gasteiger partial charge >= 0.3 is 0 Å². The van der Waals surface area contributed by atoms with Gasteiger partial charge in [0.05, 0.1) is 16.5 Å². The number of aromatic nitrogens is 2. The van der Waals surface area contributed by atoms with Crippen LogP contribution in [0.3, 0.4) is 0 Å². The van der Waals surface area contributed by atoms with Gasteiger partial charge in [0.25, 0.3) is 5.56 Å². The van der Waals surface area contributed by atoms with Gasteiger partial charge in [-0.05, 0) is 38.8 Å². The molecule has 122 valence electrons. The Morgan fingerprint density at radius 3 is 3.00 bits per heavy atom. The number of nitrogens with zero attached hydrogens (tertiary/aromatic N) is 2. The highest BCUT2D eigenvalue weighted by Gasteiger charge is 2.32. The molecule has 2 heterocycles. The molecule has 23 heavy (non-hydrogen) atoms. The third-order valence-electron chi connectivity index (χ3n) is 4.14. The van der Waals surface area contributed by atoms with Crippen LogP contribution in [0.1, 0.15) is 32.7 Å². The molecule has 0 amide bonds. The summed E-state index contributed by atoms with van der Waals surface area (Å²) in [5.41, 5.74) is 0.588. The van der Waals surface area contributed by atoms with Gasteiger partial charge in [0.15, 0.2) is 5.16 Å². The lowest BCUT2D eigenvalue weighted by atomic mass is 9.93. The topological polar surface area (TPSA) is 44.1 Å². The summed E-state index contributed by atoms with van der Waals surface area (Å²) in [6.07, 6.45) is 3.49. The molecule has 1 atom stereocenters. The Morgan fingerprint density at radius 2 is 2.26 bits per heavy atom. The fourth-order valence-corrected chi connectivity index (χ4v) is 3.90. The molecule has 0 radical (unpaired) electrons. The van der Waals surface area contributed by atoms with E-state index in [1.807, 2.05) is 34.9 Å². The van der Waals surface area contributed by atoms with Gasteiger partial charge in [-0.25, -0.2) is 4.98 Å². The van der Waals surface area contributed by atoms with Gasteiger partial charge in [-0.15, -0.1) is 6.58 Å².